The first-order valence-electron chi connectivity index (χ1n) is 7.46. The fraction of sp³-hybridized carbons (Fsp3) is 0.158. The van der Waals surface area contributed by atoms with E-state index in [0.717, 1.165) is 11.3 Å². The molecule has 2 aromatic carbocycles. The number of hydrogen-bond donors (Lipinski definition) is 1. The minimum absolute atomic E-state index is 0. The molecule has 0 amide bonds. The maximum Gasteiger partial charge on any atom is 0.334 e. The van der Waals surface area contributed by atoms with E-state index in [1.54, 1.807) is 0 Å². The molecule has 0 saturated carbocycles. The Morgan fingerprint density at radius 2 is 1.80 bits per heavy atom. The van der Waals surface area contributed by atoms with Crippen molar-refractivity contribution in [3.8, 4) is 0 Å². The lowest BCUT2D eigenvalue weighted by Gasteiger charge is -2.06. The third-order valence-corrected chi connectivity index (χ3v) is 4.08. The lowest BCUT2D eigenvalue weighted by molar-refractivity contribution is -0.135. The van der Waals surface area contributed by atoms with E-state index in [1.165, 1.54) is 24.4 Å². The average Bonchev–Trinajstić information content (AvgIpc) is 2.60. The van der Waals surface area contributed by atoms with Crippen LogP contribution in [0.1, 0.15) is 11.1 Å². The molecule has 2 rings (SSSR count). The van der Waals surface area contributed by atoms with Gasteiger partial charge in [0.25, 0.3) is 0 Å². The number of methoxy groups -OCH3 is 1. The van der Waals surface area contributed by atoms with E-state index in [0.29, 0.717) is 16.5 Å². The van der Waals surface area contributed by atoms with Gasteiger partial charge in [-0.3, -0.25) is 0 Å². The summed E-state index contributed by atoms with van der Waals surface area (Å²) in [5.41, 5.74) is 9.38. The van der Waals surface area contributed by atoms with E-state index in [1.807, 2.05) is 67.6 Å². The fourth-order valence-corrected chi connectivity index (χ4v) is 2.64. The Labute approximate surface area is 162 Å². The molecule has 0 atom stereocenters. The number of nitrogens with zero attached hydrogens (tertiary/aromatic N) is 1. The number of aliphatic imine (C=N–C) groups is 1. The topological polar surface area (TPSA) is 64.7 Å². The predicted molar refractivity (Wildman–Crippen MR) is 112 cm³/mol. The average molecular weight is 421 g/mol. The van der Waals surface area contributed by atoms with Crippen LogP contribution in [0.4, 0.5) is 5.69 Å². The molecule has 0 unspecified atom stereocenters. The number of para-hydroxylation sites is 1. The van der Waals surface area contributed by atoms with Crippen LogP contribution < -0.4 is 5.73 Å². The van der Waals surface area contributed by atoms with Gasteiger partial charge in [0.15, 0.2) is 5.17 Å². The largest absolute Gasteiger partial charge is 0.466 e. The molecule has 2 N–H and O–H groups in total. The Bertz CT molecular complexity index is 744. The summed E-state index contributed by atoms with van der Waals surface area (Å²) in [5.74, 6) is 0.0264. The van der Waals surface area contributed by atoms with Gasteiger partial charge in [-0.15, -0.1) is 17.0 Å². The molecule has 6 heteroatoms. The lowest BCUT2D eigenvalue weighted by atomic mass is 10.1. The van der Waals surface area contributed by atoms with Crippen LogP contribution in [-0.2, 0) is 9.53 Å². The normalized spacial score (nSPS) is 11.6. The number of rotatable bonds is 5. The van der Waals surface area contributed by atoms with Crippen LogP contribution in [0.25, 0.3) is 6.08 Å². The molecule has 4 nitrogen and oxygen atoms in total. The highest BCUT2D eigenvalue weighted by Gasteiger charge is 2.11. The summed E-state index contributed by atoms with van der Waals surface area (Å²) < 4.78 is 4.86. The summed E-state index contributed by atoms with van der Waals surface area (Å²) in [5, 5.41) is 0.403. The number of carbonyl (C=O) groups excluding carboxylic acids is 1. The number of benzene rings is 2. The second kappa shape index (κ2) is 10.7. The zero-order valence-corrected chi connectivity index (χ0v) is 16.7. The Balaban J connectivity index is 0.00000312. The summed E-state index contributed by atoms with van der Waals surface area (Å²) in [6, 6.07) is 17.4. The van der Waals surface area contributed by atoms with Crippen molar-refractivity contribution in [3.63, 3.8) is 0 Å². The Morgan fingerprint density at radius 3 is 2.40 bits per heavy atom. The number of esters is 1. The number of carbonyl (C=O) groups is 1. The smallest absolute Gasteiger partial charge is 0.334 e. The number of thioether (sulfide) groups is 1. The molecule has 0 saturated heterocycles. The van der Waals surface area contributed by atoms with Crippen LogP contribution in [0.3, 0.4) is 0 Å². The minimum Gasteiger partial charge on any atom is -0.466 e. The molecule has 0 bridgehead atoms. The predicted octanol–water partition coefficient (Wildman–Crippen LogP) is 4.51. The Kier molecular flexibility index (Phi) is 9.02. The Hall–Kier alpha value is -2.05. The van der Waals surface area contributed by atoms with Gasteiger partial charge in [0, 0.05) is 11.3 Å². The number of ether oxygens (including phenoxy) is 1. The second-order valence-electron chi connectivity index (χ2n) is 5.15. The number of nitrogens with two attached hydrogens (primary N) is 1. The Morgan fingerprint density at radius 1 is 1.16 bits per heavy atom. The molecule has 0 aliphatic heterocycles. The zero-order valence-electron chi connectivity index (χ0n) is 14.1. The summed E-state index contributed by atoms with van der Waals surface area (Å²) >= 11 is 1.30. The highest BCUT2D eigenvalue weighted by atomic mass is 79.9. The highest BCUT2D eigenvalue weighted by Crippen LogP contribution is 2.17. The molecule has 0 radical (unpaired) electrons. The van der Waals surface area contributed by atoms with Crippen LogP contribution in [0.15, 0.2) is 65.2 Å². The van der Waals surface area contributed by atoms with Gasteiger partial charge < -0.3 is 10.5 Å². The maximum atomic E-state index is 12.0. The first kappa shape index (κ1) is 21.0. The molecule has 0 heterocycles. The van der Waals surface area contributed by atoms with Crippen LogP contribution in [0.2, 0.25) is 0 Å². The van der Waals surface area contributed by atoms with E-state index in [-0.39, 0.29) is 23.0 Å². The molecule has 0 fully saturated rings. The van der Waals surface area contributed by atoms with E-state index in [2.05, 4.69) is 4.99 Å². The van der Waals surface area contributed by atoms with Crippen LogP contribution in [-0.4, -0.2) is 24.0 Å². The van der Waals surface area contributed by atoms with Crippen molar-refractivity contribution < 1.29 is 9.53 Å². The SMILES string of the molecule is Br.COC(=O)/C(=C/c1ccc(C)cc1)CSC(N)=Nc1ccccc1. The van der Waals surface area contributed by atoms with Gasteiger partial charge in [0.05, 0.1) is 12.8 Å². The van der Waals surface area contributed by atoms with Crippen molar-refractivity contribution in [2.45, 2.75) is 6.92 Å². The van der Waals surface area contributed by atoms with Gasteiger partial charge in [-0.25, -0.2) is 9.79 Å². The molecule has 0 spiro atoms. The number of hydrogen-bond acceptors (Lipinski definition) is 4. The van der Waals surface area contributed by atoms with Crippen molar-refractivity contribution in [1.82, 2.24) is 0 Å². The first-order chi connectivity index (χ1) is 11.6. The van der Waals surface area contributed by atoms with Crippen molar-refractivity contribution in [2.75, 3.05) is 12.9 Å². The summed E-state index contributed by atoms with van der Waals surface area (Å²) in [4.78, 5) is 16.3. The zero-order chi connectivity index (χ0) is 17.4. The molecule has 132 valence electrons. The number of halogens is 1. The van der Waals surface area contributed by atoms with Crippen molar-refractivity contribution >= 4 is 51.6 Å². The third-order valence-electron chi connectivity index (χ3n) is 3.24. The summed E-state index contributed by atoms with van der Waals surface area (Å²) in [7, 11) is 1.37. The van der Waals surface area contributed by atoms with Crippen LogP contribution >= 0.6 is 28.7 Å². The molecular formula is C19H21BrN2O2S. The van der Waals surface area contributed by atoms with Crippen LogP contribution in [0.5, 0.6) is 0 Å². The van der Waals surface area contributed by atoms with Gasteiger partial charge in [-0.1, -0.05) is 59.8 Å². The minimum atomic E-state index is -0.365. The molecule has 0 aliphatic carbocycles. The van der Waals surface area contributed by atoms with Gasteiger partial charge in [0.2, 0.25) is 0 Å². The van der Waals surface area contributed by atoms with Crippen LogP contribution in [0, 0.1) is 6.92 Å². The number of amidine groups is 1. The molecular weight excluding hydrogens is 400 g/mol. The standard InChI is InChI=1S/C19H20N2O2S.BrH/c1-14-8-10-15(11-9-14)12-16(18(22)23-2)13-24-19(20)21-17-6-4-3-5-7-17;/h3-12H,13H2,1-2H3,(H2,20,21);1H/b16-12+;. The van der Waals surface area contributed by atoms with E-state index >= 15 is 0 Å². The monoisotopic (exact) mass is 420 g/mol. The number of aryl methyl sites for hydroxylation is 1. The van der Waals surface area contributed by atoms with Crippen molar-refractivity contribution in [3.05, 3.63) is 71.3 Å². The van der Waals surface area contributed by atoms with Gasteiger partial charge in [0.1, 0.15) is 0 Å². The van der Waals surface area contributed by atoms with E-state index < -0.39 is 0 Å². The fourth-order valence-electron chi connectivity index (χ4n) is 1.97. The summed E-state index contributed by atoms with van der Waals surface area (Å²) in [6.07, 6.45) is 1.81. The van der Waals surface area contributed by atoms with E-state index in [4.69, 9.17) is 10.5 Å². The third kappa shape index (κ3) is 7.15. The van der Waals surface area contributed by atoms with Crippen molar-refractivity contribution in [1.29, 1.82) is 0 Å². The molecule has 2 aromatic rings. The van der Waals surface area contributed by atoms with Gasteiger partial charge >= 0.3 is 5.97 Å². The summed E-state index contributed by atoms with van der Waals surface area (Å²) in [6.45, 7) is 2.02. The van der Waals surface area contributed by atoms with Crippen molar-refractivity contribution in [2.24, 2.45) is 10.7 Å². The van der Waals surface area contributed by atoms with Gasteiger partial charge in [-0.2, -0.15) is 0 Å². The second-order valence-corrected chi connectivity index (χ2v) is 6.14. The molecule has 0 aromatic heterocycles. The lowest BCUT2D eigenvalue weighted by Crippen LogP contribution is -2.12. The molecule has 25 heavy (non-hydrogen) atoms. The highest BCUT2D eigenvalue weighted by molar-refractivity contribution is 8.93. The quantitative estimate of drug-likeness (QED) is 0.334. The van der Waals surface area contributed by atoms with E-state index in [9.17, 15) is 4.79 Å². The van der Waals surface area contributed by atoms with Gasteiger partial charge in [-0.05, 0) is 30.7 Å². The molecule has 0 aliphatic rings. The maximum absolute atomic E-state index is 12.0. The first-order valence-corrected chi connectivity index (χ1v) is 8.44.